The smallest absolute Gasteiger partial charge is 0.184 e. The minimum Gasteiger partial charge on any atom is -0.395 e. The zero-order valence-corrected chi connectivity index (χ0v) is 10.5. The number of anilines is 1. The van der Waals surface area contributed by atoms with Crippen molar-refractivity contribution < 1.29 is 0 Å². The first-order valence-electron chi connectivity index (χ1n) is 5.52. The fourth-order valence-corrected chi connectivity index (χ4v) is 1.99. The maximum absolute atomic E-state index is 5.99. The number of hydrogen-bond acceptors (Lipinski definition) is 3. The maximum Gasteiger partial charge on any atom is 0.184 e. The lowest BCUT2D eigenvalue weighted by Gasteiger charge is -2.03. The molecular weight excluding hydrogens is 248 g/mol. The van der Waals surface area contributed by atoms with E-state index in [1.165, 1.54) is 0 Å². The van der Waals surface area contributed by atoms with Gasteiger partial charge in [-0.05, 0) is 42.8 Å². The molecule has 1 aromatic carbocycles. The van der Waals surface area contributed by atoms with E-state index in [2.05, 4.69) is 10.2 Å². The van der Waals surface area contributed by atoms with Crippen LogP contribution < -0.4 is 5.73 Å². The van der Waals surface area contributed by atoms with Crippen LogP contribution in [0.2, 0.25) is 5.02 Å². The fourth-order valence-electron chi connectivity index (χ4n) is 1.86. The first-order chi connectivity index (χ1) is 8.66. The summed E-state index contributed by atoms with van der Waals surface area (Å²) >= 11 is 5.87. The van der Waals surface area contributed by atoms with Crippen molar-refractivity contribution in [3.8, 4) is 11.4 Å². The SMILES string of the molecule is Cc1ccn2c(-c3ccc(Cl)cc3)nnc2c1N. The zero-order chi connectivity index (χ0) is 12.7. The largest absolute Gasteiger partial charge is 0.395 e. The number of aromatic nitrogens is 3. The van der Waals surface area contributed by atoms with Gasteiger partial charge in [-0.25, -0.2) is 0 Å². The summed E-state index contributed by atoms with van der Waals surface area (Å²) in [7, 11) is 0. The molecule has 0 unspecified atom stereocenters. The van der Waals surface area contributed by atoms with Gasteiger partial charge >= 0.3 is 0 Å². The van der Waals surface area contributed by atoms with Gasteiger partial charge in [-0.2, -0.15) is 0 Å². The third kappa shape index (κ3) is 1.62. The quantitative estimate of drug-likeness (QED) is 0.730. The van der Waals surface area contributed by atoms with Gasteiger partial charge < -0.3 is 5.73 Å². The van der Waals surface area contributed by atoms with E-state index in [1.807, 2.05) is 47.9 Å². The average Bonchev–Trinajstić information content (AvgIpc) is 2.79. The molecule has 4 nitrogen and oxygen atoms in total. The van der Waals surface area contributed by atoms with Crippen LogP contribution in [0.15, 0.2) is 36.5 Å². The van der Waals surface area contributed by atoms with E-state index in [4.69, 9.17) is 17.3 Å². The summed E-state index contributed by atoms with van der Waals surface area (Å²) in [4.78, 5) is 0. The second-order valence-electron chi connectivity index (χ2n) is 4.14. The van der Waals surface area contributed by atoms with Crippen LogP contribution in [0.3, 0.4) is 0 Å². The van der Waals surface area contributed by atoms with E-state index in [0.29, 0.717) is 16.4 Å². The highest BCUT2D eigenvalue weighted by molar-refractivity contribution is 6.30. The van der Waals surface area contributed by atoms with Crippen LogP contribution in [0, 0.1) is 6.92 Å². The van der Waals surface area contributed by atoms with Gasteiger partial charge in [-0.3, -0.25) is 4.40 Å². The molecule has 3 aromatic rings. The molecule has 5 heteroatoms. The summed E-state index contributed by atoms with van der Waals surface area (Å²) in [6.45, 7) is 1.95. The van der Waals surface area contributed by atoms with Gasteiger partial charge in [0.1, 0.15) is 0 Å². The zero-order valence-electron chi connectivity index (χ0n) is 9.76. The number of benzene rings is 1. The summed E-state index contributed by atoms with van der Waals surface area (Å²) in [6.07, 6.45) is 1.92. The van der Waals surface area contributed by atoms with Gasteiger partial charge in [0.2, 0.25) is 0 Å². The first-order valence-corrected chi connectivity index (χ1v) is 5.90. The molecule has 0 atom stereocenters. The van der Waals surface area contributed by atoms with E-state index in [0.717, 1.165) is 17.0 Å². The molecule has 2 N–H and O–H groups in total. The molecule has 2 aromatic heterocycles. The number of nitrogens with zero attached hydrogens (tertiary/aromatic N) is 3. The number of halogens is 1. The molecule has 0 aliphatic carbocycles. The molecule has 0 saturated carbocycles. The standard InChI is InChI=1S/C13H11ClN4/c1-8-6-7-18-12(16-17-13(18)11(8)15)9-2-4-10(14)5-3-9/h2-7H,15H2,1H3. The van der Waals surface area contributed by atoms with E-state index >= 15 is 0 Å². The van der Waals surface area contributed by atoms with E-state index in [1.54, 1.807) is 0 Å². The molecule has 18 heavy (non-hydrogen) atoms. The summed E-state index contributed by atoms with van der Waals surface area (Å²) < 4.78 is 1.88. The Bertz CT molecular complexity index is 716. The fraction of sp³-hybridized carbons (Fsp3) is 0.0769. The Kier molecular flexibility index (Phi) is 2.45. The monoisotopic (exact) mass is 258 g/mol. The topological polar surface area (TPSA) is 56.2 Å². The lowest BCUT2D eigenvalue weighted by molar-refractivity contribution is 1.11. The van der Waals surface area contributed by atoms with E-state index < -0.39 is 0 Å². The molecule has 0 amide bonds. The van der Waals surface area contributed by atoms with Crippen molar-refractivity contribution in [1.29, 1.82) is 0 Å². The third-order valence-corrected chi connectivity index (χ3v) is 3.19. The van der Waals surface area contributed by atoms with Crippen LogP contribution in [0.25, 0.3) is 17.0 Å². The van der Waals surface area contributed by atoms with Crippen molar-refractivity contribution in [3.05, 3.63) is 47.1 Å². The van der Waals surface area contributed by atoms with Gasteiger partial charge in [-0.15, -0.1) is 10.2 Å². The number of rotatable bonds is 1. The summed E-state index contributed by atoms with van der Waals surface area (Å²) in [5.74, 6) is 0.758. The normalized spacial score (nSPS) is 11.0. The number of nitrogen functional groups attached to an aromatic ring is 1. The summed E-state index contributed by atoms with van der Waals surface area (Å²) in [5.41, 5.74) is 9.28. The Morgan fingerprint density at radius 1 is 1.11 bits per heavy atom. The number of hydrogen-bond donors (Lipinski definition) is 1. The van der Waals surface area contributed by atoms with Crippen LogP contribution in [-0.4, -0.2) is 14.6 Å². The van der Waals surface area contributed by atoms with Gasteiger partial charge in [-0.1, -0.05) is 11.6 Å². The Morgan fingerprint density at radius 3 is 2.56 bits per heavy atom. The van der Waals surface area contributed by atoms with Crippen LogP contribution in [0.5, 0.6) is 0 Å². The molecule has 0 aliphatic rings. The van der Waals surface area contributed by atoms with Gasteiger partial charge in [0, 0.05) is 16.8 Å². The minimum absolute atomic E-state index is 0.658. The Morgan fingerprint density at radius 2 is 1.83 bits per heavy atom. The molecule has 0 radical (unpaired) electrons. The molecule has 0 bridgehead atoms. The number of pyridine rings is 1. The van der Waals surface area contributed by atoms with E-state index in [9.17, 15) is 0 Å². The van der Waals surface area contributed by atoms with Crippen molar-refractivity contribution in [2.45, 2.75) is 6.92 Å². The predicted octanol–water partition coefficient (Wildman–Crippen LogP) is 2.94. The highest BCUT2D eigenvalue weighted by Crippen LogP contribution is 2.24. The molecule has 0 aliphatic heterocycles. The molecule has 0 spiro atoms. The highest BCUT2D eigenvalue weighted by atomic mass is 35.5. The molecule has 3 rings (SSSR count). The second kappa shape index (κ2) is 3.99. The van der Waals surface area contributed by atoms with Crippen molar-refractivity contribution in [3.63, 3.8) is 0 Å². The van der Waals surface area contributed by atoms with Crippen LogP contribution in [0.1, 0.15) is 5.56 Å². The van der Waals surface area contributed by atoms with Gasteiger partial charge in [0.15, 0.2) is 11.5 Å². The van der Waals surface area contributed by atoms with Crippen LogP contribution in [0.4, 0.5) is 5.69 Å². The van der Waals surface area contributed by atoms with Gasteiger partial charge in [0.05, 0.1) is 5.69 Å². The van der Waals surface area contributed by atoms with Crippen LogP contribution >= 0.6 is 11.6 Å². The molecular formula is C13H11ClN4. The third-order valence-electron chi connectivity index (χ3n) is 2.94. The van der Waals surface area contributed by atoms with E-state index in [-0.39, 0.29) is 0 Å². The molecule has 0 fully saturated rings. The molecule has 90 valence electrons. The van der Waals surface area contributed by atoms with Gasteiger partial charge in [0.25, 0.3) is 0 Å². The number of aryl methyl sites for hydroxylation is 1. The van der Waals surface area contributed by atoms with Crippen molar-refractivity contribution in [2.24, 2.45) is 0 Å². The van der Waals surface area contributed by atoms with Crippen molar-refractivity contribution >= 4 is 22.9 Å². The highest BCUT2D eigenvalue weighted by Gasteiger charge is 2.10. The average molecular weight is 259 g/mol. The Labute approximate surface area is 109 Å². The summed E-state index contributed by atoms with van der Waals surface area (Å²) in [6, 6.07) is 9.43. The van der Waals surface area contributed by atoms with Crippen molar-refractivity contribution in [2.75, 3.05) is 5.73 Å². The van der Waals surface area contributed by atoms with Crippen molar-refractivity contribution in [1.82, 2.24) is 14.6 Å². The first kappa shape index (κ1) is 11.0. The summed E-state index contributed by atoms with van der Waals surface area (Å²) in [5, 5.41) is 9.02. The Balaban J connectivity index is 2.25. The minimum atomic E-state index is 0.658. The molecule has 0 saturated heterocycles. The predicted molar refractivity (Wildman–Crippen MR) is 72.6 cm³/mol. The number of nitrogens with two attached hydrogens (primary N) is 1. The second-order valence-corrected chi connectivity index (χ2v) is 4.57. The Hall–Kier alpha value is -2.07. The number of fused-ring (bicyclic) bond motifs is 1. The maximum atomic E-state index is 5.99. The lowest BCUT2D eigenvalue weighted by atomic mass is 10.2. The van der Waals surface area contributed by atoms with Crippen LogP contribution in [-0.2, 0) is 0 Å². The molecule has 2 heterocycles. The lowest BCUT2D eigenvalue weighted by Crippen LogP contribution is -1.96.